The van der Waals surface area contributed by atoms with Crippen LogP contribution in [0.3, 0.4) is 0 Å². The van der Waals surface area contributed by atoms with Crippen LogP contribution >= 0.6 is 0 Å². The highest BCUT2D eigenvalue weighted by molar-refractivity contribution is 7.89. The first-order valence-corrected chi connectivity index (χ1v) is 12.1. The summed E-state index contributed by atoms with van der Waals surface area (Å²) >= 11 is 0. The molecule has 2 aromatic carbocycles. The van der Waals surface area contributed by atoms with Gasteiger partial charge in [0.2, 0.25) is 21.8 Å². The van der Waals surface area contributed by atoms with Gasteiger partial charge in [-0.25, -0.2) is 12.8 Å². The van der Waals surface area contributed by atoms with Gasteiger partial charge >= 0.3 is 0 Å². The van der Waals surface area contributed by atoms with E-state index in [1.54, 1.807) is 17.0 Å². The number of benzene rings is 2. The number of hydrogen-bond acceptors (Lipinski definition) is 4. The average molecular weight is 460 g/mol. The van der Waals surface area contributed by atoms with Crippen molar-refractivity contribution in [3.63, 3.8) is 0 Å². The second kappa shape index (κ2) is 8.63. The van der Waals surface area contributed by atoms with E-state index in [2.05, 4.69) is 5.32 Å². The molecule has 32 heavy (non-hydrogen) atoms. The van der Waals surface area contributed by atoms with Gasteiger partial charge in [0, 0.05) is 38.3 Å². The zero-order valence-electron chi connectivity index (χ0n) is 18.0. The molecule has 2 aromatic rings. The first-order chi connectivity index (χ1) is 15.2. The number of piperazine rings is 1. The molecule has 1 saturated heterocycles. The summed E-state index contributed by atoms with van der Waals surface area (Å²) in [6.07, 6.45) is -0.0157. The van der Waals surface area contributed by atoms with Crippen LogP contribution in [0.25, 0.3) is 0 Å². The van der Waals surface area contributed by atoms with Crippen LogP contribution < -0.4 is 5.32 Å². The topological polar surface area (TPSA) is 86.8 Å². The van der Waals surface area contributed by atoms with Crippen molar-refractivity contribution in [1.29, 1.82) is 0 Å². The number of carbonyl (C=O) groups is 2. The summed E-state index contributed by atoms with van der Waals surface area (Å²) in [6.45, 7) is 4.91. The Balaban J connectivity index is 1.46. The molecule has 0 radical (unpaired) electrons. The first kappa shape index (κ1) is 22.4. The van der Waals surface area contributed by atoms with E-state index in [4.69, 9.17) is 0 Å². The zero-order chi connectivity index (χ0) is 23.0. The predicted octanol–water partition coefficient (Wildman–Crippen LogP) is 2.91. The van der Waals surface area contributed by atoms with Crippen LogP contribution in [-0.2, 0) is 19.6 Å². The molecule has 0 aromatic heterocycles. The maximum Gasteiger partial charge on any atom is 0.243 e. The maximum atomic E-state index is 13.6. The van der Waals surface area contributed by atoms with E-state index in [9.17, 15) is 22.4 Å². The van der Waals surface area contributed by atoms with E-state index in [1.807, 2.05) is 26.0 Å². The number of amides is 2. The predicted molar refractivity (Wildman–Crippen MR) is 118 cm³/mol. The lowest BCUT2D eigenvalue weighted by Gasteiger charge is -2.36. The van der Waals surface area contributed by atoms with Crippen LogP contribution in [0.1, 0.15) is 43.2 Å². The Hall–Kier alpha value is -2.78. The molecule has 0 unspecified atom stereocenters. The second-order valence-corrected chi connectivity index (χ2v) is 10.4. The fourth-order valence-electron chi connectivity index (χ4n) is 4.20. The molecule has 0 saturated carbocycles. The Morgan fingerprint density at radius 1 is 1.06 bits per heavy atom. The third-order valence-corrected chi connectivity index (χ3v) is 8.00. The van der Waals surface area contributed by atoms with E-state index in [0.717, 1.165) is 5.56 Å². The molecule has 170 valence electrons. The van der Waals surface area contributed by atoms with Crippen LogP contribution in [0.15, 0.2) is 47.4 Å². The SMILES string of the molecule is CC(C)c1ccc(S(=O)(=O)N2CCN(C(=O)[C@H]3CC(=O)Nc4cc(F)ccc43)CC2)cc1. The molecular weight excluding hydrogens is 433 g/mol. The summed E-state index contributed by atoms with van der Waals surface area (Å²) < 4.78 is 41.0. The lowest BCUT2D eigenvalue weighted by atomic mass is 9.89. The highest BCUT2D eigenvalue weighted by atomic mass is 32.2. The van der Waals surface area contributed by atoms with Crippen molar-refractivity contribution >= 4 is 27.5 Å². The van der Waals surface area contributed by atoms with Gasteiger partial charge in [-0.15, -0.1) is 0 Å². The van der Waals surface area contributed by atoms with Gasteiger partial charge in [-0.3, -0.25) is 9.59 Å². The molecular formula is C23H26FN3O4S. The zero-order valence-corrected chi connectivity index (χ0v) is 18.9. The van der Waals surface area contributed by atoms with Crippen molar-refractivity contribution in [1.82, 2.24) is 9.21 Å². The summed E-state index contributed by atoms with van der Waals surface area (Å²) in [5, 5.41) is 2.61. The van der Waals surface area contributed by atoms with Gasteiger partial charge in [0.05, 0.1) is 10.8 Å². The Labute approximate surface area is 187 Å². The Morgan fingerprint density at radius 3 is 2.34 bits per heavy atom. The van der Waals surface area contributed by atoms with Gasteiger partial charge in [-0.1, -0.05) is 32.0 Å². The van der Waals surface area contributed by atoms with Crippen molar-refractivity contribution in [2.45, 2.75) is 37.0 Å². The molecule has 1 fully saturated rings. The van der Waals surface area contributed by atoms with Gasteiger partial charge in [-0.2, -0.15) is 4.31 Å². The molecule has 2 heterocycles. The van der Waals surface area contributed by atoms with Crippen molar-refractivity contribution in [3.8, 4) is 0 Å². The number of halogens is 1. The molecule has 7 nitrogen and oxygen atoms in total. The smallest absolute Gasteiger partial charge is 0.243 e. The summed E-state index contributed by atoms with van der Waals surface area (Å²) in [7, 11) is -3.65. The molecule has 1 N–H and O–H groups in total. The number of nitrogens with zero attached hydrogens (tertiary/aromatic N) is 2. The van der Waals surface area contributed by atoms with Crippen molar-refractivity contribution in [2.24, 2.45) is 0 Å². The monoisotopic (exact) mass is 459 g/mol. The van der Waals surface area contributed by atoms with E-state index >= 15 is 0 Å². The van der Waals surface area contributed by atoms with Crippen LogP contribution in [0, 0.1) is 5.82 Å². The van der Waals surface area contributed by atoms with E-state index < -0.39 is 21.8 Å². The molecule has 2 aliphatic rings. The van der Waals surface area contributed by atoms with E-state index in [1.165, 1.54) is 22.5 Å². The van der Waals surface area contributed by atoms with E-state index in [-0.39, 0.29) is 49.3 Å². The van der Waals surface area contributed by atoms with Crippen molar-refractivity contribution in [3.05, 3.63) is 59.4 Å². The summed E-state index contributed by atoms with van der Waals surface area (Å²) in [6, 6.07) is 10.9. The molecule has 0 aliphatic carbocycles. The molecule has 1 atom stereocenters. The van der Waals surface area contributed by atoms with Crippen LogP contribution in [0.5, 0.6) is 0 Å². The quantitative estimate of drug-likeness (QED) is 0.762. The summed E-state index contributed by atoms with van der Waals surface area (Å²) in [5.74, 6) is -1.47. The van der Waals surface area contributed by atoms with Crippen molar-refractivity contribution in [2.75, 3.05) is 31.5 Å². The second-order valence-electron chi connectivity index (χ2n) is 8.49. The fraction of sp³-hybridized carbons (Fsp3) is 0.391. The molecule has 9 heteroatoms. The highest BCUT2D eigenvalue weighted by Crippen LogP contribution is 2.34. The largest absolute Gasteiger partial charge is 0.340 e. The van der Waals surface area contributed by atoms with Crippen LogP contribution in [0.2, 0.25) is 0 Å². The first-order valence-electron chi connectivity index (χ1n) is 10.6. The highest BCUT2D eigenvalue weighted by Gasteiger charge is 2.36. The molecule has 4 rings (SSSR count). The normalized spacial score (nSPS) is 19.6. The third-order valence-electron chi connectivity index (χ3n) is 6.09. The maximum absolute atomic E-state index is 13.6. The average Bonchev–Trinajstić information content (AvgIpc) is 2.78. The van der Waals surface area contributed by atoms with Gasteiger partial charge in [-0.05, 0) is 41.3 Å². The molecule has 2 aliphatic heterocycles. The third kappa shape index (κ3) is 4.27. The van der Waals surface area contributed by atoms with Crippen LogP contribution in [0.4, 0.5) is 10.1 Å². The Bertz CT molecular complexity index is 1140. The van der Waals surface area contributed by atoms with Gasteiger partial charge in [0.25, 0.3) is 0 Å². The Kier molecular flexibility index (Phi) is 6.05. The molecule has 0 bridgehead atoms. The number of nitrogens with one attached hydrogen (secondary N) is 1. The minimum atomic E-state index is -3.65. The van der Waals surface area contributed by atoms with Crippen LogP contribution in [-0.4, -0.2) is 55.6 Å². The number of sulfonamides is 1. The number of hydrogen-bond donors (Lipinski definition) is 1. The summed E-state index contributed by atoms with van der Waals surface area (Å²) in [4.78, 5) is 27.0. The van der Waals surface area contributed by atoms with Gasteiger partial charge in [0.1, 0.15) is 5.82 Å². The number of carbonyl (C=O) groups excluding carboxylic acids is 2. The standard InChI is InChI=1S/C23H26FN3O4S/c1-15(2)16-3-6-18(7-4-16)32(30,31)27-11-9-26(10-12-27)23(29)20-14-22(28)25-21-13-17(24)5-8-19(20)21/h3-8,13,15,20H,9-12,14H2,1-2H3,(H,25,28)/t20-/m0/s1. The minimum absolute atomic E-state index is 0.0157. The molecule has 0 spiro atoms. The van der Waals surface area contributed by atoms with Gasteiger partial charge < -0.3 is 10.2 Å². The van der Waals surface area contributed by atoms with Crippen molar-refractivity contribution < 1.29 is 22.4 Å². The number of fused-ring (bicyclic) bond motifs is 1. The number of rotatable bonds is 4. The number of anilines is 1. The minimum Gasteiger partial charge on any atom is -0.340 e. The Morgan fingerprint density at radius 2 is 1.72 bits per heavy atom. The lowest BCUT2D eigenvalue weighted by Crippen LogP contribution is -2.52. The van der Waals surface area contributed by atoms with Gasteiger partial charge in [0.15, 0.2) is 0 Å². The molecule has 2 amide bonds. The fourth-order valence-corrected chi connectivity index (χ4v) is 5.62. The lowest BCUT2D eigenvalue weighted by molar-refractivity contribution is -0.136. The van der Waals surface area contributed by atoms with E-state index in [0.29, 0.717) is 17.2 Å². The summed E-state index contributed by atoms with van der Waals surface area (Å²) in [5.41, 5.74) is 1.96.